The number of phenols is 1. The predicted molar refractivity (Wildman–Crippen MR) is 138 cm³/mol. The smallest absolute Gasteiger partial charge is 0.166 e. The molecule has 0 fully saturated rings. The highest BCUT2D eigenvalue weighted by Gasteiger charge is 2.19. The number of unbranched alkanes of at least 4 members (excludes halogenated alkanes) is 1. The fraction of sp³-hybridized carbons (Fsp3) is 0.360. The zero-order chi connectivity index (χ0) is 24.5. The van der Waals surface area contributed by atoms with Crippen LogP contribution in [-0.2, 0) is 4.79 Å². The third-order valence-electron chi connectivity index (χ3n) is 4.50. The third kappa shape index (κ3) is 10.5. The molecule has 32 heavy (non-hydrogen) atoms. The molecule has 0 aliphatic heterocycles. The average molecular weight is 506 g/mol. The molecule has 0 saturated heterocycles. The lowest BCUT2D eigenvalue weighted by molar-refractivity contribution is -0.118. The second-order valence-electron chi connectivity index (χ2n) is 6.97. The summed E-state index contributed by atoms with van der Waals surface area (Å²) in [6.07, 6.45) is 8.48. The molecule has 0 amide bonds. The second kappa shape index (κ2) is 16.8. The second-order valence-corrected chi connectivity index (χ2v) is 7.77. The van der Waals surface area contributed by atoms with Crippen molar-refractivity contribution in [3.8, 4) is 5.75 Å². The molecule has 0 aliphatic rings. The van der Waals surface area contributed by atoms with Crippen LogP contribution in [0.15, 0.2) is 72.0 Å². The summed E-state index contributed by atoms with van der Waals surface area (Å²) in [6, 6.07) is 6.89. The standard InChI is InChI=1S/C18H23BrN2O2.C4H10.C3H4N2/c1-6-11(2)17(23)12(3)16(19)18(20-5)21-13(4)14-9-7-8-10-15(14)22;1-3-4-2;1-2-5-3-4-1/h7-11,20-22H,3-4,6H2,1-2,5H3;3-4H2,1-2H3;1-3H,(H,4,5)/b18-16-;;. The largest absolute Gasteiger partial charge is 0.507 e. The fourth-order valence-corrected chi connectivity index (χ4v) is 2.62. The van der Waals surface area contributed by atoms with E-state index in [1.165, 1.54) is 12.8 Å². The van der Waals surface area contributed by atoms with Crippen LogP contribution in [-0.4, -0.2) is 27.9 Å². The van der Waals surface area contributed by atoms with Gasteiger partial charge < -0.3 is 20.7 Å². The Kier molecular flexibility index (Phi) is 15.4. The molecule has 0 bridgehead atoms. The summed E-state index contributed by atoms with van der Waals surface area (Å²) >= 11 is 3.42. The van der Waals surface area contributed by atoms with Crippen LogP contribution in [0.3, 0.4) is 0 Å². The number of hydrogen-bond donors (Lipinski definition) is 4. The van der Waals surface area contributed by atoms with Crippen molar-refractivity contribution in [3.63, 3.8) is 0 Å². The number of H-pyrrole nitrogens is 1. The van der Waals surface area contributed by atoms with Crippen LogP contribution < -0.4 is 10.6 Å². The quantitative estimate of drug-likeness (QED) is 0.243. The van der Waals surface area contributed by atoms with Crippen molar-refractivity contribution < 1.29 is 9.90 Å². The van der Waals surface area contributed by atoms with Crippen molar-refractivity contribution in [3.05, 3.63) is 77.6 Å². The summed E-state index contributed by atoms with van der Waals surface area (Å²) in [5.74, 6) is 0.586. The summed E-state index contributed by atoms with van der Waals surface area (Å²) < 4.78 is 0.543. The van der Waals surface area contributed by atoms with E-state index in [9.17, 15) is 9.90 Å². The maximum Gasteiger partial charge on any atom is 0.166 e. The molecule has 2 rings (SSSR count). The first-order chi connectivity index (χ1) is 15.2. The number of hydrogen-bond acceptors (Lipinski definition) is 5. The number of ketones is 1. The van der Waals surface area contributed by atoms with Gasteiger partial charge in [-0.25, -0.2) is 4.98 Å². The number of benzene rings is 1. The molecule has 2 aromatic rings. The Bertz CT molecular complexity index is 841. The number of aromatic amines is 1. The molecular formula is C25H37BrN4O2. The van der Waals surface area contributed by atoms with E-state index < -0.39 is 0 Å². The number of allylic oxidation sites excluding steroid dienone is 2. The number of nitrogens with one attached hydrogen (secondary N) is 3. The maximum atomic E-state index is 12.3. The summed E-state index contributed by atoms with van der Waals surface area (Å²) in [7, 11) is 1.72. The Labute approximate surface area is 201 Å². The minimum Gasteiger partial charge on any atom is -0.507 e. The van der Waals surface area contributed by atoms with Gasteiger partial charge in [-0.15, -0.1) is 0 Å². The Balaban J connectivity index is 0.000000883. The Hall–Kier alpha value is -2.80. The van der Waals surface area contributed by atoms with E-state index in [1.54, 1.807) is 44.0 Å². The SMILES string of the molecule is C=C(C(=O)C(C)CC)/C(Br)=C(\NC)NC(=C)c1ccccc1O.CCCC.c1c[nH]cn1. The third-order valence-corrected chi connectivity index (χ3v) is 5.38. The Morgan fingerprint density at radius 3 is 2.25 bits per heavy atom. The van der Waals surface area contributed by atoms with Crippen molar-refractivity contribution >= 4 is 27.4 Å². The number of halogens is 1. The van der Waals surface area contributed by atoms with Gasteiger partial charge in [-0.1, -0.05) is 65.8 Å². The molecule has 1 atom stereocenters. The first-order valence-electron chi connectivity index (χ1n) is 10.7. The van der Waals surface area contributed by atoms with Crippen molar-refractivity contribution in [2.75, 3.05) is 7.05 Å². The first kappa shape index (κ1) is 29.2. The van der Waals surface area contributed by atoms with E-state index in [4.69, 9.17) is 0 Å². The van der Waals surface area contributed by atoms with Gasteiger partial charge in [-0.3, -0.25) is 4.79 Å². The van der Waals surface area contributed by atoms with Gasteiger partial charge in [0.1, 0.15) is 11.6 Å². The monoisotopic (exact) mass is 504 g/mol. The highest BCUT2D eigenvalue weighted by molar-refractivity contribution is 9.12. The number of aromatic nitrogens is 2. The summed E-state index contributed by atoms with van der Waals surface area (Å²) in [5, 5.41) is 15.9. The molecule has 4 N–H and O–H groups in total. The molecule has 0 radical (unpaired) electrons. The van der Waals surface area contributed by atoms with Crippen LogP contribution in [0.1, 0.15) is 52.5 Å². The zero-order valence-corrected chi connectivity index (χ0v) is 21.4. The summed E-state index contributed by atoms with van der Waals surface area (Å²) in [5.41, 5.74) is 1.48. The summed E-state index contributed by atoms with van der Waals surface area (Å²) in [4.78, 5) is 18.7. The van der Waals surface area contributed by atoms with Gasteiger partial charge in [0.05, 0.1) is 10.8 Å². The minimum atomic E-state index is -0.0884. The molecule has 1 aromatic heterocycles. The van der Waals surface area contributed by atoms with Crippen molar-refractivity contribution in [1.29, 1.82) is 0 Å². The lowest BCUT2D eigenvalue weighted by Crippen LogP contribution is -2.25. The van der Waals surface area contributed by atoms with Crippen molar-refractivity contribution in [2.45, 2.75) is 47.0 Å². The normalized spacial score (nSPS) is 11.4. The molecule has 0 saturated carbocycles. The molecule has 176 valence electrons. The molecule has 1 heterocycles. The summed E-state index contributed by atoms with van der Waals surface area (Å²) in [6.45, 7) is 16.0. The van der Waals surface area contributed by atoms with Gasteiger partial charge in [-0.05, 0) is 34.5 Å². The Morgan fingerprint density at radius 1 is 1.22 bits per heavy atom. The number of carbonyl (C=O) groups excluding carboxylic acids is 1. The van der Waals surface area contributed by atoms with Gasteiger partial charge in [0.15, 0.2) is 5.78 Å². The Morgan fingerprint density at radius 2 is 1.84 bits per heavy atom. The maximum absolute atomic E-state index is 12.3. The number of imidazole rings is 1. The molecular weight excluding hydrogens is 468 g/mol. The van der Waals surface area contributed by atoms with Crippen LogP contribution in [0.5, 0.6) is 5.75 Å². The molecule has 1 aromatic carbocycles. The van der Waals surface area contributed by atoms with Gasteiger partial charge in [0.25, 0.3) is 0 Å². The number of Topliss-reactive ketones (excluding diaryl/α,β-unsaturated/α-hetero) is 1. The van der Waals surface area contributed by atoms with E-state index in [0.29, 0.717) is 27.1 Å². The first-order valence-corrected chi connectivity index (χ1v) is 11.5. The average Bonchev–Trinajstić information content (AvgIpc) is 3.41. The van der Waals surface area contributed by atoms with Crippen LogP contribution in [0.2, 0.25) is 0 Å². The number of carbonyl (C=O) groups is 1. The van der Waals surface area contributed by atoms with Gasteiger partial charge >= 0.3 is 0 Å². The number of para-hydroxylation sites is 1. The molecule has 6 nitrogen and oxygen atoms in total. The molecule has 7 heteroatoms. The van der Waals surface area contributed by atoms with Crippen LogP contribution in [0.4, 0.5) is 0 Å². The lowest BCUT2D eigenvalue weighted by atomic mass is 9.98. The van der Waals surface area contributed by atoms with E-state index in [-0.39, 0.29) is 17.5 Å². The van der Waals surface area contributed by atoms with E-state index in [0.717, 1.165) is 6.42 Å². The molecule has 1 unspecified atom stereocenters. The van der Waals surface area contributed by atoms with E-state index in [1.807, 2.05) is 19.9 Å². The minimum absolute atomic E-state index is 0.0119. The van der Waals surface area contributed by atoms with Crippen molar-refractivity contribution in [2.24, 2.45) is 5.92 Å². The number of phenolic OH excluding ortho intramolecular Hbond substituents is 1. The fourth-order valence-electron chi connectivity index (χ4n) is 2.13. The number of rotatable bonds is 9. The van der Waals surface area contributed by atoms with E-state index in [2.05, 4.69) is 63.5 Å². The van der Waals surface area contributed by atoms with Crippen LogP contribution in [0, 0.1) is 5.92 Å². The molecule has 0 aliphatic carbocycles. The van der Waals surface area contributed by atoms with Crippen LogP contribution >= 0.6 is 15.9 Å². The van der Waals surface area contributed by atoms with Crippen molar-refractivity contribution in [1.82, 2.24) is 20.6 Å². The van der Waals surface area contributed by atoms with Gasteiger partial charge in [0, 0.05) is 42.2 Å². The topological polar surface area (TPSA) is 90.0 Å². The van der Waals surface area contributed by atoms with E-state index >= 15 is 0 Å². The zero-order valence-electron chi connectivity index (χ0n) is 19.8. The lowest BCUT2D eigenvalue weighted by Gasteiger charge is -2.18. The van der Waals surface area contributed by atoms with Crippen LogP contribution in [0.25, 0.3) is 5.70 Å². The highest BCUT2D eigenvalue weighted by Crippen LogP contribution is 2.26. The number of aromatic hydroxyl groups is 1. The van der Waals surface area contributed by atoms with Gasteiger partial charge in [0.2, 0.25) is 0 Å². The van der Waals surface area contributed by atoms with Gasteiger partial charge in [-0.2, -0.15) is 0 Å². The molecule has 0 spiro atoms. The predicted octanol–water partition coefficient (Wildman–Crippen LogP) is 6.12. The highest BCUT2D eigenvalue weighted by atomic mass is 79.9. The number of nitrogens with zero attached hydrogens (tertiary/aromatic N) is 1.